The molecule has 2 heterocycles. The van der Waals surface area contributed by atoms with Gasteiger partial charge < -0.3 is 28.6 Å². The van der Waals surface area contributed by atoms with E-state index in [1.54, 1.807) is 54.3 Å². The molecule has 0 bridgehead atoms. The van der Waals surface area contributed by atoms with E-state index in [2.05, 4.69) is 15.5 Å². The Hall–Kier alpha value is -4.34. The number of benzene rings is 2. The van der Waals surface area contributed by atoms with Crippen LogP contribution in [0.25, 0.3) is 23.0 Å². The molecule has 1 amide bonds. The van der Waals surface area contributed by atoms with Crippen LogP contribution in [0.2, 0.25) is 0 Å². The molecule has 1 N–H and O–H groups in total. The van der Waals surface area contributed by atoms with Gasteiger partial charge in [-0.05, 0) is 42.5 Å². The van der Waals surface area contributed by atoms with Gasteiger partial charge in [0.2, 0.25) is 11.7 Å². The molecule has 170 valence electrons. The lowest BCUT2D eigenvalue weighted by Gasteiger charge is -2.12. The molecule has 33 heavy (non-hydrogen) atoms. The molecule has 0 saturated heterocycles. The molecular formula is C23H21FN4O5. The molecule has 0 radical (unpaired) electrons. The van der Waals surface area contributed by atoms with Crippen molar-refractivity contribution in [3.8, 4) is 40.2 Å². The Morgan fingerprint density at radius 2 is 1.85 bits per heavy atom. The monoisotopic (exact) mass is 452 g/mol. The number of halogens is 1. The summed E-state index contributed by atoms with van der Waals surface area (Å²) >= 11 is 0. The van der Waals surface area contributed by atoms with E-state index >= 15 is 0 Å². The van der Waals surface area contributed by atoms with Gasteiger partial charge in [-0.1, -0.05) is 5.16 Å². The van der Waals surface area contributed by atoms with Gasteiger partial charge in [0, 0.05) is 17.8 Å². The van der Waals surface area contributed by atoms with Crippen molar-refractivity contribution < 1.29 is 27.9 Å². The van der Waals surface area contributed by atoms with Gasteiger partial charge in [0.15, 0.2) is 11.6 Å². The molecule has 0 atom stereocenters. The van der Waals surface area contributed by atoms with Crippen molar-refractivity contribution in [2.75, 3.05) is 26.6 Å². The summed E-state index contributed by atoms with van der Waals surface area (Å²) in [7, 11) is 4.45. The number of carbonyl (C=O) groups excluding carboxylic acids is 1. The number of hydrogen-bond acceptors (Lipinski definition) is 7. The first-order valence-corrected chi connectivity index (χ1v) is 9.87. The molecule has 2 aromatic carbocycles. The Labute approximate surface area is 188 Å². The molecule has 0 aliphatic heterocycles. The molecule has 0 spiro atoms. The minimum Gasteiger partial charge on any atom is -0.497 e. The average Bonchev–Trinajstić information content (AvgIpc) is 3.48. The van der Waals surface area contributed by atoms with Crippen LogP contribution in [0.4, 0.5) is 10.1 Å². The fourth-order valence-corrected chi connectivity index (χ4v) is 3.25. The van der Waals surface area contributed by atoms with Gasteiger partial charge in [0.25, 0.3) is 5.89 Å². The number of rotatable bonds is 8. The predicted octanol–water partition coefficient (Wildman–Crippen LogP) is 4.01. The Morgan fingerprint density at radius 1 is 1.06 bits per heavy atom. The van der Waals surface area contributed by atoms with E-state index in [0.29, 0.717) is 28.4 Å². The average molecular weight is 452 g/mol. The van der Waals surface area contributed by atoms with Crippen LogP contribution in [-0.2, 0) is 11.3 Å². The number of nitrogens with one attached hydrogen (secondary N) is 1. The van der Waals surface area contributed by atoms with E-state index in [4.69, 9.17) is 18.7 Å². The van der Waals surface area contributed by atoms with E-state index in [1.807, 2.05) is 0 Å². The number of nitrogens with zero attached hydrogens (tertiary/aromatic N) is 3. The van der Waals surface area contributed by atoms with Crippen LogP contribution in [0.3, 0.4) is 0 Å². The second-order valence-corrected chi connectivity index (χ2v) is 6.91. The zero-order chi connectivity index (χ0) is 23.4. The summed E-state index contributed by atoms with van der Waals surface area (Å²) in [5.41, 5.74) is 1.46. The lowest BCUT2D eigenvalue weighted by molar-refractivity contribution is -0.116. The van der Waals surface area contributed by atoms with Crippen molar-refractivity contribution in [1.29, 1.82) is 0 Å². The number of carbonyl (C=O) groups is 1. The summed E-state index contributed by atoms with van der Waals surface area (Å²) in [5, 5.41) is 6.75. The van der Waals surface area contributed by atoms with Crippen molar-refractivity contribution in [3.05, 3.63) is 60.5 Å². The van der Waals surface area contributed by atoms with Crippen LogP contribution in [0.5, 0.6) is 17.2 Å². The Kier molecular flexibility index (Phi) is 6.25. The molecule has 2 aromatic heterocycles. The summed E-state index contributed by atoms with van der Waals surface area (Å²) in [4.78, 5) is 17.1. The number of ether oxygens (including phenoxy) is 3. The number of methoxy groups -OCH3 is 3. The molecule has 0 aliphatic carbocycles. The highest BCUT2D eigenvalue weighted by Gasteiger charge is 2.17. The fraction of sp³-hybridized carbons (Fsp3) is 0.174. The third-order valence-electron chi connectivity index (χ3n) is 4.88. The second kappa shape index (κ2) is 9.43. The first kappa shape index (κ1) is 21.9. The van der Waals surface area contributed by atoms with E-state index in [9.17, 15) is 9.18 Å². The van der Waals surface area contributed by atoms with Crippen molar-refractivity contribution in [2.24, 2.45) is 0 Å². The first-order chi connectivity index (χ1) is 16.0. The maximum atomic E-state index is 14.0. The number of aromatic nitrogens is 3. The van der Waals surface area contributed by atoms with E-state index in [1.165, 1.54) is 26.4 Å². The van der Waals surface area contributed by atoms with Crippen molar-refractivity contribution in [3.63, 3.8) is 0 Å². The fourth-order valence-electron chi connectivity index (χ4n) is 3.25. The molecule has 0 saturated carbocycles. The van der Waals surface area contributed by atoms with Crippen molar-refractivity contribution >= 4 is 11.6 Å². The van der Waals surface area contributed by atoms with Crippen molar-refractivity contribution in [1.82, 2.24) is 14.7 Å². The van der Waals surface area contributed by atoms with Crippen molar-refractivity contribution in [2.45, 2.75) is 6.54 Å². The van der Waals surface area contributed by atoms with Gasteiger partial charge in [-0.3, -0.25) is 4.79 Å². The largest absolute Gasteiger partial charge is 0.497 e. The first-order valence-electron chi connectivity index (χ1n) is 9.87. The summed E-state index contributed by atoms with van der Waals surface area (Å²) in [6.07, 6.45) is 1.72. The zero-order valence-electron chi connectivity index (χ0n) is 18.2. The van der Waals surface area contributed by atoms with E-state index in [0.717, 1.165) is 0 Å². The Balaban J connectivity index is 1.52. The smallest absolute Gasteiger partial charge is 0.274 e. The minimum atomic E-state index is -0.533. The van der Waals surface area contributed by atoms with Crippen LogP contribution in [0, 0.1) is 5.82 Å². The maximum Gasteiger partial charge on any atom is 0.274 e. The zero-order valence-corrected chi connectivity index (χ0v) is 18.2. The highest BCUT2D eigenvalue weighted by molar-refractivity contribution is 5.92. The third-order valence-corrected chi connectivity index (χ3v) is 4.88. The van der Waals surface area contributed by atoms with Crippen LogP contribution in [-0.4, -0.2) is 41.9 Å². The summed E-state index contributed by atoms with van der Waals surface area (Å²) in [6.45, 7) is -0.0163. The molecule has 0 aliphatic rings. The second-order valence-electron chi connectivity index (χ2n) is 6.91. The summed E-state index contributed by atoms with van der Waals surface area (Å²) in [5.74, 6) is 0.787. The van der Waals surface area contributed by atoms with Crippen LogP contribution >= 0.6 is 0 Å². The van der Waals surface area contributed by atoms with Crippen LogP contribution in [0.1, 0.15) is 0 Å². The van der Waals surface area contributed by atoms with Gasteiger partial charge >= 0.3 is 0 Å². The third kappa shape index (κ3) is 4.64. The molecule has 10 heteroatoms. The highest BCUT2D eigenvalue weighted by Crippen LogP contribution is 2.29. The van der Waals surface area contributed by atoms with Gasteiger partial charge in [-0.15, -0.1) is 0 Å². The number of hydrogen-bond donors (Lipinski definition) is 1. The molecule has 0 unspecified atom stereocenters. The molecule has 9 nitrogen and oxygen atoms in total. The Morgan fingerprint density at radius 3 is 2.58 bits per heavy atom. The normalized spacial score (nSPS) is 10.7. The topological polar surface area (TPSA) is 101 Å². The number of anilines is 1. The number of amides is 1. The highest BCUT2D eigenvalue weighted by atomic mass is 19.1. The molecular weight excluding hydrogens is 431 g/mol. The van der Waals surface area contributed by atoms with E-state index < -0.39 is 5.82 Å². The van der Waals surface area contributed by atoms with Gasteiger partial charge in [0.05, 0.1) is 27.0 Å². The van der Waals surface area contributed by atoms with Gasteiger partial charge in [-0.25, -0.2) is 4.39 Å². The predicted molar refractivity (Wildman–Crippen MR) is 118 cm³/mol. The van der Waals surface area contributed by atoms with E-state index in [-0.39, 0.29) is 29.9 Å². The lowest BCUT2D eigenvalue weighted by Crippen LogP contribution is -2.19. The summed E-state index contributed by atoms with van der Waals surface area (Å²) < 4.78 is 36.5. The lowest BCUT2D eigenvalue weighted by atomic mass is 10.2. The van der Waals surface area contributed by atoms with Crippen LogP contribution < -0.4 is 19.5 Å². The minimum absolute atomic E-state index is 0.0163. The SMILES string of the molecule is COc1ccc(OC)c(NC(=O)Cn2cccc2-c2nc(-c3ccc(OC)c(F)c3)no2)c1. The Bertz CT molecular complexity index is 1280. The molecule has 4 aromatic rings. The van der Waals surface area contributed by atoms with Gasteiger partial charge in [0.1, 0.15) is 23.7 Å². The quantitative estimate of drug-likeness (QED) is 0.431. The summed E-state index contributed by atoms with van der Waals surface area (Å²) in [6, 6.07) is 13.0. The molecule has 4 rings (SSSR count). The standard InChI is InChI=1S/C23H21FN4O5/c1-30-15-7-9-20(32-3)17(12-15)25-21(29)13-28-10-4-5-18(28)23-26-22(27-33-23)14-6-8-19(31-2)16(24)11-14/h4-12H,13H2,1-3H3,(H,25,29). The van der Waals surface area contributed by atoms with Crippen LogP contribution in [0.15, 0.2) is 59.3 Å². The van der Waals surface area contributed by atoms with Gasteiger partial charge in [-0.2, -0.15) is 4.98 Å². The molecule has 0 fully saturated rings. The maximum absolute atomic E-state index is 14.0.